The fraction of sp³-hybridized carbons (Fsp3) is 0.579. The van der Waals surface area contributed by atoms with Gasteiger partial charge in [-0.2, -0.15) is 0 Å². The summed E-state index contributed by atoms with van der Waals surface area (Å²) in [6, 6.07) is 5.60. The summed E-state index contributed by atoms with van der Waals surface area (Å²) in [5, 5.41) is 9.31. The number of aromatic carboxylic acids is 1. The Hall–Kier alpha value is -2.24. The van der Waals surface area contributed by atoms with E-state index in [-0.39, 0.29) is 6.09 Å². The lowest BCUT2D eigenvalue weighted by Gasteiger charge is -2.26. The molecule has 2 heterocycles. The van der Waals surface area contributed by atoms with E-state index in [0.717, 1.165) is 24.3 Å². The van der Waals surface area contributed by atoms with Crippen molar-refractivity contribution in [2.75, 3.05) is 31.1 Å². The van der Waals surface area contributed by atoms with E-state index in [1.165, 1.54) is 0 Å². The Morgan fingerprint density at radius 1 is 1.12 bits per heavy atom. The standard InChI is InChI=1S/C19H26N2O4/c1-12-5-6-15(7-16(12)17(22)23)20-8-13-10-21(11-14(13)9-20)18(24)25-19(2,3)4/h5-7,13-14H,8-11H2,1-4H3,(H,22,23). The lowest BCUT2D eigenvalue weighted by Crippen LogP contribution is -2.37. The second kappa shape index (κ2) is 6.24. The number of fused-ring (bicyclic) bond motifs is 1. The van der Waals surface area contributed by atoms with Crippen molar-refractivity contribution >= 4 is 17.7 Å². The molecule has 136 valence electrons. The van der Waals surface area contributed by atoms with E-state index in [0.29, 0.717) is 30.5 Å². The molecule has 0 spiro atoms. The van der Waals surface area contributed by atoms with E-state index in [1.807, 2.05) is 39.8 Å². The molecule has 25 heavy (non-hydrogen) atoms. The fourth-order valence-corrected chi connectivity index (χ4v) is 3.72. The molecular formula is C19H26N2O4. The van der Waals surface area contributed by atoms with E-state index in [2.05, 4.69) is 4.90 Å². The summed E-state index contributed by atoms with van der Waals surface area (Å²) in [7, 11) is 0. The summed E-state index contributed by atoms with van der Waals surface area (Å²) in [6.07, 6.45) is -0.239. The monoisotopic (exact) mass is 346 g/mol. The molecule has 2 saturated heterocycles. The maximum Gasteiger partial charge on any atom is 0.410 e. The van der Waals surface area contributed by atoms with Gasteiger partial charge in [0, 0.05) is 43.7 Å². The molecular weight excluding hydrogens is 320 g/mol. The molecule has 0 saturated carbocycles. The third-order valence-electron chi connectivity index (χ3n) is 4.95. The van der Waals surface area contributed by atoms with Crippen molar-refractivity contribution in [2.24, 2.45) is 11.8 Å². The molecule has 2 unspecified atom stereocenters. The summed E-state index contributed by atoms with van der Waals surface area (Å²) in [6.45, 7) is 10.5. The number of benzene rings is 1. The number of carbonyl (C=O) groups is 2. The number of hydrogen-bond acceptors (Lipinski definition) is 4. The van der Waals surface area contributed by atoms with Gasteiger partial charge in [0.1, 0.15) is 5.60 Å². The molecule has 0 aromatic heterocycles. The van der Waals surface area contributed by atoms with Crippen molar-refractivity contribution < 1.29 is 19.4 Å². The first kappa shape index (κ1) is 17.6. The first-order valence-corrected chi connectivity index (χ1v) is 8.71. The third kappa shape index (κ3) is 3.72. The van der Waals surface area contributed by atoms with E-state index in [4.69, 9.17) is 4.74 Å². The zero-order valence-corrected chi connectivity index (χ0v) is 15.3. The van der Waals surface area contributed by atoms with Gasteiger partial charge in [-0.25, -0.2) is 9.59 Å². The van der Waals surface area contributed by atoms with Crippen LogP contribution in [0.15, 0.2) is 18.2 Å². The van der Waals surface area contributed by atoms with Crippen molar-refractivity contribution in [3.63, 3.8) is 0 Å². The molecule has 2 aliphatic heterocycles. The number of hydrogen-bond donors (Lipinski definition) is 1. The minimum Gasteiger partial charge on any atom is -0.478 e. The minimum atomic E-state index is -0.894. The number of carboxylic acids is 1. The van der Waals surface area contributed by atoms with Gasteiger partial charge >= 0.3 is 12.1 Å². The highest BCUT2D eigenvalue weighted by Gasteiger charge is 2.42. The summed E-state index contributed by atoms with van der Waals surface area (Å²) in [4.78, 5) is 27.6. The van der Waals surface area contributed by atoms with Gasteiger partial charge in [-0.05, 0) is 45.4 Å². The molecule has 0 radical (unpaired) electrons. The largest absolute Gasteiger partial charge is 0.478 e. The molecule has 2 atom stereocenters. The average molecular weight is 346 g/mol. The van der Waals surface area contributed by atoms with Crippen molar-refractivity contribution in [1.82, 2.24) is 4.90 Å². The lowest BCUT2D eigenvalue weighted by atomic mass is 10.0. The first-order valence-electron chi connectivity index (χ1n) is 8.71. The van der Waals surface area contributed by atoms with Crippen LogP contribution in [0.5, 0.6) is 0 Å². The van der Waals surface area contributed by atoms with Gasteiger partial charge in [0.2, 0.25) is 0 Å². The average Bonchev–Trinajstić information content (AvgIpc) is 3.04. The van der Waals surface area contributed by atoms with Gasteiger partial charge in [-0.15, -0.1) is 0 Å². The molecule has 0 aliphatic carbocycles. The maximum atomic E-state index is 12.2. The number of ether oxygens (including phenoxy) is 1. The summed E-state index contributed by atoms with van der Waals surface area (Å²) >= 11 is 0. The normalized spacial score (nSPS) is 22.9. The number of aryl methyl sites for hydroxylation is 1. The highest BCUT2D eigenvalue weighted by atomic mass is 16.6. The second-order valence-electron chi connectivity index (χ2n) is 8.11. The number of anilines is 1. The topological polar surface area (TPSA) is 70.1 Å². The van der Waals surface area contributed by atoms with Crippen LogP contribution in [0.4, 0.5) is 10.5 Å². The van der Waals surface area contributed by atoms with Crippen molar-refractivity contribution in [3.8, 4) is 0 Å². The van der Waals surface area contributed by atoms with Crippen LogP contribution in [0, 0.1) is 18.8 Å². The van der Waals surface area contributed by atoms with Gasteiger partial charge in [0.05, 0.1) is 5.56 Å². The lowest BCUT2D eigenvalue weighted by molar-refractivity contribution is 0.0282. The number of likely N-dealkylation sites (tertiary alicyclic amines) is 1. The zero-order chi connectivity index (χ0) is 18.4. The Bertz CT molecular complexity index is 681. The van der Waals surface area contributed by atoms with E-state index in [9.17, 15) is 14.7 Å². The molecule has 2 fully saturated rings. The zero-order valence-electron chi connectivity index (χ0n) is 15.3. The van der Waals surface area contributed by atoms with Crippen LogP contribution in [0.1, 0.15) is 36.7 Å². The summed E-state index contributed by atoms with van der Waals surface area (Å²) in [5.74, 6) is -0.0842. The Morgan fingerprint density at radius 2 is 1.72 bits per heavy atom. The number of rotatable bonds is 2. The summed E-state index contributed by atoms with van der Waals surface area (Å²) in [5.41, 5.74) is 1.59. The van der Waals surface area contributed by atoms with Crippen molar-refractivity contribution in [3.05, 3.63) is 29.3 Å². The second-order valence-corrected chi connectivity index (χ2v) is 8.11. The number of carbonyl (C=O) groups excluding carboxylic acids is 1. The molecule has 1 aromatic rings. The molecule has 1 amide bonds. The Kier molecular flexibility index (Phi) is 4.39. The van der Waals surface area contributed by atoms with E-state index in [1.54, 1.807) is 11.0 Å². The van der Waals surface area contributed by atoms with Gasteiger partial charge < -0.3 is 19.6 Å². The molecule has 1 aromatic carbocycles. The van der Waals surface area contributed by atoms with Crippen molar-refractivity contribution in [1.29, 1.82) is 0 Å². The van der Waals surface area contributed by atoms with Gasteiger partial charge in [0.25, 0.3) is 0 Å². The Balaban J connectivity index is 1.65. The highest BCUT2D eigenvalue weighted by Crippen LogP contribution is 2.35. The van der Waals surface area contributed by atoms with Crippen LogP contribution in [0.25, 0.3) is 0 Å². The van der Waals surface area contributed by atoms with Crippen LogP contribution in [0.3, 0.4) is 0 Å². The fourth-order valence-electron chi connectivity index (χ4n) is 3.72. The molecule has 6 heteroatoms. The van der Waals surface area contributed by atoms with Crippen LogP contribution >= 0.6 is 0 Å². The molecule has 6 nitrogen and oxygen atoms in total. The quantitative estimate of drug-likeness (QED) is 0.891. The summed E-state index contributed by atoms with van der Waals surface area (Å²) < 4.78 is 5.46. The molecule has 1 N–H and O–H groups in total. The van der Waals surface area contributed by atoms with Crippen LogP contribution in [-0.4, -0.2) is 53.8 Å². The number of carboxylic acid groups (broad SMARTS) is 1. The molecule has 2 aliphatic rings. The number of amides is 1. The Labute approximate surface area is 148 Å². The third-order valence-corrected chi connectivity index (χ3v) is 4.95. The first-order chi connectivity index (χ1) is 11.6. The van der Waals surface area contributed by atoms with E-state index < -0.39 is 11.6 Å². The predicted octanol–water partition coefficient (Wildman–Crippen LogP) is 3.00. The van der Waals surface area contributed by atoms with Gasteiger partial charge in [-0.3, -0.25) is 0 Å². The number of nitrogens with zero attached hydrogens (tertiary/aromatic N) is 2. The molecule has 0 bridgehead atoms. The van der Waals surface area contributed by atoms with Gasteiger partial charge in [0.15, 0.2) is 0 Å². The van der Waals surface area contributed by atoms with E-state index >= 15 is 0 Å². The van der Waals surface area contributed by atoms with Crippen LogP contribution in [-0.2, 0) is 4.74 Å². The SMILES string of the molecule is Cc1ccc(N2CC3CN(C(=O)OC(C)(C)C)CC3C2)cc1C(=O)O. The highest BCUT2D eigenvalue weighted by molar-refractivity contribution is 5.90. The minimum absolute atomic E-state index is 0.239. The Morgan fingerprint density at radius 3 is 2.24 bits per heavy atom. The van der Waals surface area contributed by atoms with Gasteiger partial charge in [-0.1, -0.05) is 6.07 Å². The smallest absolute Gasteiger partial charge is 0.410 e. The maximum absolute atomic E-state index is 12.2. The van der Waals surface area contributed by atoms with Crippen LogP contribution < -0.4 is 4.90 Å². The molecule has 3 rings (SSSR count). The predicted molar refractivity (Wildman–Crippen MR) is 95.1 cm³/mol. The van der Waals surface area contributed by atoms with Crippen LogP contribution in [0.2, 0.25) is 0 Å². The van der Waals surface area contributed by atoms with Crippen molar-refractivity contribution in [2.45, 2.75) is 33.3 Å².